The summed E-state index contributed by atoms with van der Waals surface area (Å²) in [5, 5.41) is 0. The van der Waals surface area contributed by atoms with Crippen molar-refractivity contribution >= 4 is 19.8 Å². The van der Waals surface area contributed by atoms with Gasteiger partial charge in [-0.05, 0) is 122 Å². The van der Waals surface area contributed by atoms with Crippen LogP contribution in [0.5, 0.6) is 0 Å². The highest BCUT2D eigenvalue weighted by Crippen LogP contribution is 2.43. The van der Waals surface area contributed by atoms with Crippen LogP contribution < -0.4 is 0 Å². The highest BCUT2D eigenvalue weighted by Gasteiger charge is 2.27. The first-order valence-electron chi connectivity index (χ1n) is 39.6. The van der Waals surface area contributed by atoms with Crippen molar-refractivity contribution in [3.05, 3.63) is 146 Å². The van der Waals surface area contributed by atoms with E-state index < -0.39 is 26.5 Å². The molecule has 10 heteroatoms. The van der Waals surface area contributed by atoms with E-state index in [-0.39, 0.29) is 32.0 Å². The number of hydrogen-bond donors (Lipinski definition) is 1. The summed E-state index contributed by atoms with van der Waals surface area (Å²) in [4.78, 5) is 36.0. The van der Waals surface area contributed by atoms with Gasteiger partial charge in [0, 0.05) is 12.8 Å². The van der Waals surface area contributed by atoms with Crippen LogP contribution in [0.2, 0.25) is 0 Å². The molecule has 0 radical (unpaired) electrons. The number of allylic oxidation sites excluding steroid dienone is 24. The molecule has 0 heterocycles. The van der Waals surface area contributed by atoms with Gasteiger partial charge in [-0.1, -0.05) is 346 Å². The first kappa shape index (κ1) is 91.9. The van der Waals surface area contributed by atoms with E-state index >= 15 is 0 Å². The first-order valence-corrected chi connectivity index (χ1v) is 41.1. The van der Waals surface area contributed by atoms with Crippen LogP contribution in [0.3, 0.4) is 0 Å². The van der Waals surface area contributed by atoms with Crippen LogP contribution in [-0.2, 0) is 32.7 Å². The fourth-order valence-electron chi connectivity index (χ4n) is 10.8. The van der Waals surface area contributed by atoms with E-state index in [1.165, 1.54) is 186 Å². The number of unbranched alkanes of at least 4 members (excludes halogenated alkanes) is 34. The summed E-state index contributed by atoms with van der Waals surface area (Å²) >= 11 is 0. The molecule has 0 fully saturated rings. The average molecular weight is 1360 g/mol. The van der Waals surface area contributed by atoms with Gasteiger partial charge in [0.25, 0.3) is 0 Å². The van der Waals surface area contributed by atoms with Gasteiger partial charge in [-0.25, -0.2) is 4.57 Å². The molecular formula is C86H149NO8P+. The van der Waals surface area contributed by atoms with Crippen molar-refractivity contribution in [3.63, 3.8) is 0 Å². The second-order valence-electron chi connectivity index (χ2n) is 27.4. The SMILES string of the molecule is CC/C=C\C/C=C\C/C=C\C/C=C\C/C=C\C/C=C\C/C=C\C/C=C\C/C=C\C/C=C\CCCCCCC(=O)OC(COC(=O)CCCCCCCCCCCCCCCCCCCCCCCCCCC/C=C\C/C=C\CCCCCCC)COP(=O)(O)OCC[N+](C)(C)C. The number of carbonyl (C=O) groups is 2. The molecule has 0 rings (SSSR count). The molecule has 9 nitrogen and oxygen atoms in total. The molecule has 0 aliphatic heterocycles. The Morgan fingerprint density at radius 3 is 0.885 bits per heavy atom. The number of hydrogen-bond acceptors (Lipinski definition) is 7. The number of rotatable bonds is 72. The Kier molecular flexibility index (Phi) is 71.9. The minimum atomic E-state index is -4.41. The Bertz CT molecular complexity index is 2140. The summed E-state index contributed by atoms with van der Waals surface area (Å²) in [6.07, 6.45) is 111. The molecular weight excluding hydrogens is 1210 g/mol. The Morgan fingerprint density at radius 2 is 0.594 bits per heavy atom. The molecule has 0 bridgehead atoms. The molecule has 96 heavy (non-hydrogen) atoms. The zero-order valence-electron chi connectivity index (χ0n) is 62.8. The second-order valence-corrected chi connectivity index (χ2v) is 28.8. The molecule has 0 amide bonds. The number of carbonyl (C=O) groups excluding carboxylic acids is 2. The fraction of sp³-hybridized carbons (Fsp3) is 0.698. The maximum atomic E-state index is 12.9. The van der Waals surface area contributed by atoms with Gasteiger partial charge in [0.2, 0.25) is 0 Å². The molecule has 0 spiro atoms. The minimum absolute atomic E-state index is 0.0204. The normalized spacial score (nSPS) is 13.9. The fourth-order valence-corrected chi connectivity index (χ4v) is 11.6. The first-order chi connectivity index (χ1) is 47.0. The molecule has 1 N–H and O–H groups in total. The molecule has 0 aliphatic rings. The zero-order chi connectivity index (χ0) is 69.7. The van der Waals surface area contributed by atoms with Crippen LogP contribution in [0.25, 0.3) is 0 Å². The van der Waals surface area contributed by atoms with Crippen molar-refractivity contribution in [2.24, 2.45) is 0 Å². The van der Waals surface area contributed by atoms with Crippen LogP contribution in [0, 0.1) is 0 Å². The van der Waals surface area contributed by atoms with Crippen LogP contribution in [-0.4, -0.2) is 74.9 Å². The highest BCUT2D eigenvalue weighted by atomic mass is 31.2. The number of ether oxygens (including phenoxy) is 2. The van der Waals surface area contributed by atoms with E-state index in [9.17, 15) is 19.0 Å². The predicted octanol–water partition coefficient (Wildman–Crippen LogP) is 26.5. The number of likely N-dealkylation sites (N-methyl/N-ethyl adjacent to an activating group) is 1. The summed E-state index contributed by atoms with van der Waals surface area (Å²) in [7, 11) is 1.45. The zero-order valence-corrected chi connectivity index (χ0v) is 63.7. The Labute approximate surface area is 593 Å². The maximum absolute atomic E-state index is 12.9. The van der Waals surface area contributed by atoms with E-state index in [0.717, 1.165) is 116 Å². The van der Waals surface area contributed by atoms with Crippen molar-refractivity contribution in [3.8, 4) is 0 Å². The second kappa shape index (κ2) is 75.1. The summed E-state index contributed by atoms with van der Waals surface area (Å²) < 4.78 is 34.8. The molecule has 0 saturated heterocycles. The lowest BCUT2D eigenvalue weighted by molar-refractivity contribution is -0.870. The smallest absolute Gasteiger partial charge is 0.462 e. The van der Waals surface area contributed by atoms with E-state index in [4.69, 9.17) is 18.5 Å². The van der Waals surface area contributed by atoms with Crippen molar-refractivity contribution < 1.29 is 42.1 Å². The van der Waals surface area contributed by atoms with E-state index in [2.05, 4.69) is 160 Å². The van der Waals surface area contributed by atoms with Crippen LogP contribution in [0.15, 0.2) is 146 Å². The number of phosphoric acid groups is 1. The van der Waals surface area contributed by atoms with Gasteiger partial charge in [0.1, 0.15) is 19.8 Å². The summed E-state index contributed by atoms with van der Waals surface area (Å²) in [5.74, 6) is -0.824. The van der Waals surface area contributed by atoms with Crippen LogP contribution in [0.1, 0.15) is 335 Å². The standard InChI is InChI=1S/C86H148NO8P/c1-6-8-10-12-14-16-18-20-22-24-26-28-30-32-34-36-38-40-42-43-45-46-48-50-52-54-56-58-60-62-64-66-68-70-72-74-76-78-85(88)92-82-84(83-94-96(90,91)93-81-80-87(3,4)5)95-86(89)79-77-75-73-71-69-67-65-63-61-59-57-55-53-51-49-47-44-41-39-37-35-33-31-29-27-25-23-21-19-17-15-13-11-9-7-2/h9,11,15,17-18,20-21,23-24,26-27,29,33,35,39,41,47,49,53,55,59,61,65,67,84H,6-8,10,12-14,16,19,22,25,28,30-32,34,36-38,40,42-46,48,50-52,54,56-58,60,62-64,66,68-83H2,1-5H3/p+1/b11-9-,17-15-,20-18-,23-21-,26-24-,29-27-,35-33-,41-39-,49-47-,55-53-,61-59-,67-65-. The van der Waals surface area contributed by atoms with Gasteiger partial charge in [0.05, 0.1) is 27.7 Å². The minimum Gasteiger partial charge on any atom is -0.462 e. The van der Waals surface area contributed by atoms with Crippen molar-refractivity contribution in [1.82, 2.24) is 0 Å². The lowest BCUT2D eigenvalue weighted by atomic mass is 10.0. The Balaban J connectivity index is 4.05. The van der Waals surface area contributed by atoms with Crippen LogP contribution in [0.4, 0.5) is 0 Å². The van der Waals surface area contributed by atoms with Crippen molar-refractivity contribution in [2.45, 2.75) is 341 Å². The predicted molar refractivity (Wildman–Crippen MR) is 417 cm³/mol. The molecule has 0 aromatic carbocycles. The summed E-state index contributed by atoms with van der Waals surface area (Å²) in [6, 6.07) is 0. The quantitative estimate of drug-likeness (QED) is 0.0211. The molecule has 0 aromatic heterocycles. The van der Waals surface area contributed by atoms with E-state index in [0.29, 0.717) is 17.4 Å². The van der Waals surface area contributed by atoms with Gasteiger partial charge in [-0.3, -0.25) is 18.6 Å². The molecule has 550 valence electrons. The Hall–Kier alpha value is -4.11. The molecule has 2 unspecified atom stereocenters. The van der Waals surface area contributed by atoms with E-state index in [1.54, 1.807) is 0 Å². The van der Waals surface area contributed by atoms with Gasteiger partial charge in [0.15, 0.2) is 6.10 Å². The average Bonchev–Trinajstić information content (AvgIpc) is 2.74. The summed E-state index contributed by atoms with van der Waals surface area (Å²) in [6.45, 7) is 4.30. The summed E-state index contributed by atoms with van der Waals surface area (Å²) in [5.41, 5.74) is 0. The van der Waals surface area contributed by atoms with Gasteiger partial charge in [-0.15, -0.1) is 0 Å². The van der Waals surface area contributed by atoms with E-state index in [1.807, 2.05) is 21.1 Å². The molecule has 2 atom stereocenters. The topological polar surface area (TPSA) is 108 Å². The van der Waals surface area contributed by atoms with Gasteiger partial charge >= 0.3 is 19.8 Å². The van der Waals surface area contributed by atoms with Gasteiger partial charge in [-0.2, -0.15) is 0 Å². The number of esters is 2. The maximum Gasteiger partial charge on any atom is 0.472 e. The third-order valence-corrected chi connectivity index (χ3v) is 17.8. The number of phosphoric ester groups is 1. The van der Waals surface area contributed by atoms with Crippen molar-refractivity contribution in [1.29, 1.82) is 0 Å². The third kappa shape index (κ3) is 78.9. The monoisotopic (exact) mass is 1360 g/mol. The lowest BCUT2D eigenvalue weighted by Gasteiger charge is -2.24. The number of quaternary nitrogens is 1. The number of nitrogens with zero attached hydrogens (tertiary/aromatic N) is 1. The largest absolute Gasteiger partial charge is 0.472 e. The third-order valence-electron chi connectivity index (χ3n) is 16.9. The lowest BCUT2D eigenvalue weighted by Crippen LogP contribution is -2.37. The van der Waals surface area contributed by atoms with Gasteiger partial charge < -0.3 is 18.9 Å². The van der Waals surface area contributed by atoms with Crippen LogP contribution >= 0.6 is 7.82 Å². The molecule has 0 aliphatic carbocycles. The molecule has 0 aromatic rings. The Morgan fingerprint density at radius 1 is 0.333 bits per heavy atom. The highest BCUT2D eigenvalue weighted by molar-refractivity contribution is 7.47. The molecule has 0 saturated carbocycles. The van der Waals surface area contributed by atoms with Crippen molar-refractivity contribution in [2.75, 3.05) is 47.5 Å².